The average molecular weight is 360 g/mol. The van der Waals surface area contributed by atoms with Gasteiger partial charge in [0.15, 0.2) is 11.3 Å². The molecule has 5 nitrogen and oxygen atoms in total. The summed E-state index contributed by atoms with van der Waals surface area (Å²) in [5, 5.41) is 0. The summed E-state index contributed by atoms with van der Waals surface area (Å²) in [6, 6.07) is 4.18. The fourth-order valence-electron chi connectivity index (χ4n) is 3.36. The number of hydrogen-bond donors (Lipinski definition) is 0. The molecule has 1 fully saturated rings. The van der Waals surface area contributed by atoms with E-state index in [2.05, 4.69) is 9.97 Å². The first-order valence-electron chi connectivity index (χ1n) is 8.08. The van der Waals surface area contributed by atoms with E-state index in [-0.39, 0.29) is 31.0 Å². The Hall–Kier alpha value is -2.90. The quantitative estimate of drug-likeness (QED) is 0.706. The van der Waals surface area contributed by atoms with Crippen molar-refractivity contribution in [3.63, 3.8) is 0 Å². The molecule has 0 saturated carbocycles. The molecule has 1 unspecified atom stereocenters. The van der Waals surface area contributed by atoms with Crippen LogP contribution in [0.15, 0.2) is 36.8 Å². The van der Waals surface area contributed by atoms with Gasteiger partial charge in [-0.05, 0) is 23.8 Å². The van der Waals surface area contributed by atoms with Gasteiger partial charge in [-0.15, -0.1) is 0 Å². The molecule has 26 heavy (non-hydrogen) atoms. The van der Waals surface area contributed by atoms with Gasteiger partial charge >= 0.3 is 0 Å². The minimum atomic E-state index is -1.99. The molecule has 0 aliphatic carbocycles. The average Bonchev–Trinajstić information content (AvgIpc) is 3.18. The van der Waals surface area contributed by atoms with E-state index in [9.17, 15) is 13.6 Å². The summed E-state index contributed by atoms with van der Waals surface area (Å²) < 4.78 is 43.9. The third-order valence-corrected chi connectivity index (χ3v) is 4.72. The SMILES string of the molecule is Cn1cnc2c(C(=O)N3CCC(F)(c4cc(F)cc(F)c4)C3)ccnc21. The minimum absolute atomic E-state index is 0.0297. The molecule has 1 amide bonds. The van der Waals surface area contributed by atoms with Crippen LogP contribution in [0.4, 0.5) is 13.2 Å². The van der Waals surface area contributed by atoms with Crippen molar-refractivity contribution in [2.24, 2.45) is 7.05 Å². The highest BCUT2D eigenvalue weighted by atomic mass is 19.1. The molecule has 134 valence electrons. The molecule has 0 radical (unpaired) electrons. The second-order valence-electron chi connectivity index (χ2n) is 6.49. The van der Waals surface area contributed by atoms with Gasteiger partial charge in [-0.3, -0.25) is 4.79 Å². The molecule has 1 atom stereocenters. The molecule has 0 N–H and O–H groups in total. The van der Waals surface area contributed by atoms with E-state index >= 15 is 4.39 Å². The van der Waals surface area contributed by atoms with Crippen LogP contribution in [0.1, 0.15) is 22.3 Å². The van der Waals surface area contributed by atoms with Crippen LogP contribution in [0, 0.1) is 11.6 Å². The Morgan fingerprint density at radius 2 is 1.92 bits per heavy atom. The molecule has 1 aliphatic rings. The topological polar surface area (TPSA) is 51.0 Å². The zero-order valence-corrected chi connectivity index (χ0v) is 13.9. The number of carbonyl (C=O) groups is 1. The second kappa shape index (κ2) is 5.82. The molecule has 3 aromatic rings. The van der Waals surface area contributed by atoms with Crippen molar-refractivity contribution in [3.8, 4) is 0 Å². The molecule has 3 heterocycles. The van der Waals surface area contributed by atoms with E-state index in [0.29, 0.717) is 22.8 Å². The summed E-state index contributed by atoms with van der Waals surface area (Å²) in [4.78, 5) is 22.6. The number of alkyl halides is 1. The zero-order valence-electron chi connectivity index (χ0n) is 13.9. The van der Waals surface area contributed by atoms with E-state index in [1.54, 1.807) is 17.9 Å². The number of amides is 1. The summed E-state index contributed by atoms with van der Waals surface area (Å²) >= 11 is 0. The lowest BCUT2D eigenvalue weighted by Gasteiger charge is -2.21. The summed E-state index contributed by atoms with van der Waals surface area (Å²) in [5.41, 5.74) is -0.773. The molecule has 4 rings (SSSR count). The Labute approximate surface area is 147 Å². The van der Waals surface area contributed by atoms with Crippen molar-refractivity contribution in [1.82, 2.24) is 19.4 Å². The predicted molar refractivity (Wildman–Crippen MR) is 88.2 cm³/mol. The van der Waals surface area contributed by atoms with Gasteiger partial charge in [0.2, 0.25) is 0 Å². The summed E-state index contributed by atoms with van der Waals surface area (Å²) in [7, 11) is 1.76. The first-order valence-corrected chi connectivity index (χ1v) is 8.08. The maximum atomic E-state index is 15.3. The van der Waals surface area contributed by atoms with Crippen LogP contribution in [-0.4, -0.2) is 38.4 Å². The number of benzene rings is 1. The number of halogens is 3. The Morgan fingerprint density at radius 1 is 1.19 bits per heavy atom. The van der Waals surface area contributed by atoms with Crippen LogP contribution in [0.3, 0.4) is 0 Å². The Bertz CT molecular complexity index is 999. The van der Waals surface area contributed by atoms with Gasteiger partial charge in [0.05, 0.1) is 18.4 Å². The Balaban J connectivity index is 1.64. The zero-order chi connectivity index (χ0) is 18.5. The fraction of sp³-hybridized carbons (Fsp3) is 0.278. The molecular formula is C18H15F3N4O. The highest BCUT2D eigenvalue weighted by molar-refractivity contribution is 6.04. The van der Waals surface area contributed by atoms with E-state index in [4.69, 9.17) is 0 Å². The first-order chi connectivity index (χ1) is 12.4. The number of likely N-dealkylation sites (tertiary alicyclic amines) is 1. The third kappa shape index (κ3) is 2.61. The molecule has 0 spiro atoms. The predicted octanol–water partition coefficient (Wildman–Crippen LogP) is 2.96. The minimum Gasteiger partial charge on any atom is -0.335 e. The van der Waals surface area contributed by atoms with Crippen LogP contribution in [0.5, 0.6) is 0 Å². The lowest BCUT2D eigenvalue weighted by molar-refractivity contribution is 0.0752. The van der Waals surface area contributed by atoms with Crippen molar-refractivity contribution >= 4 is 17.1 Å². The summed E-state index contributed by atoms with van der Waals surface area (Å²) in [5.74, 6) is -2.07. The van der Waals surface area contributed by atoms with E-state index in [1.807, 2.05) is 0 Å². The molecule has 1 aromatic carbocycles. The standard InChI is InChI=1S/C18H15F3N4O/c1-24-10-23-15-14(2-4-22-16(15)24)17(26)25-5-3-18(21,9-25)11-6-12(19)8-13(20)7-11/h2,4,6-8,10H,3,5,9H2,1H3. The van der Waals surface area contributed by atoms with Crippen molar-refractivity contribution < 1.29 is 18.0 Å². The van der Waals surface area contributed by atoms with Crippen molar-refractivity contribution in [3.05, 3.63) is 59.6 Å². The van der Waals surface area contributed by atoms with Crippen LogP contribution in [-0.2, 0) is 12.7 Å². The maximum Gasteiger partial charge on any atom is 0.256 e. The number of nitrogens with zero attached hydrogens (tertiary/aromatic N) is 4. The highest BCUT2D eigenvalue weighted by Gasteiger charge is 2.42. The molecule has 2 aromatic heterocycles. The Kier molecular flexibility index (Phi) is 3.71. The number of hydrogen-bond acceptors (Lipinski definition) is 3. The Morgan fingerprint density at radius 3 is 2.65 bits per heavy atom. The second-order valence-corrected chi connectivity index (χ2v) is 6.49. The highest BCUT2D eigenvalue weighted by Crippen LogP contribution is 2.37. The molecule has 0 bridgehead atoms. The van der Waals surface area contributed by atoms with Gasteiger partial charge in [0.1, 0.15) is 17.2 Å². The smallest absolute Gasteiger partial charge is 0.256 e. The number of fused-ring (bicyclic) bond motifs is 1. The monoisotopic (exact) mass is 360 g/mol. The first kappa shape index (κ1) is 16.6. The molecule has 1 aliphatic heterocycles. The number of rotatable bonds is 2. The summed E-state index contributed by atoms with van der Waals surface area (Å²) in [6.45, 7) is -0.129. The normalized spacial score (nSPS) is 20.1. The van der Waals surface area contributed by atoms with Gasteiger partial charge in [0, 0.05) is 32.3 Å². The van der Waals surface area contributed by atoms with E-state index in [0.717, 1.165) is 12.1 Å². The van der Waals surface area contributed by atoms with Gasteiger partial charge in [0.25, 0.3) is 5.91 Å². The largest absolute Gasteiger partial charge is 0.335 e. The van der Waals surface area contributed by atoms with Crippen molar-refractivity contribution in [2.45, 2.75) is 12.1 Å². The van der Waals surface area contributed by atoms with Crippen LogP contribution >= 0.6 is 0 Å². The number of aromatic nitrogens is 3. The molecule has 1 saturated heterocycles. The van der Waals surface area contributed by atoms with Gasteiger partial charge in [-0.2, -0.15) is 0 Å². The van der Waals surface area contributed by atoms with Crippen molar-refractivity contribution in [1.29, 1.82) is 0 Å². The van der Waals surface area contributed by atoms with Gasteiger partial charge in [-0.25, -0.2) is 23.1 Å². The van der Waals surface area contributed by atoms with E-state index in [1.165, 1.54) is 17.2 Å². The van der Waals surface area contributed by atoms with Crippen LogP contribution in [0.2, 0.25) is 0 Å². The van der Waals surface area contributed by atoms with Crippen LogP contribution in [0.25, 0.3) is 11.2 Å². The maximum absolute atomic E-state index is 15.3. The number of imidazole rings is 1. The van der Waals surface area contributed by atoms with Gasteiger partial charge < -0.3 is 9.47 Å². The molecular weight excluding hydrogens is 345 g/mol. The van der Waals surface area contributed by atoms with Crippen molar-refractivity contribution in [2.75, 3.05) is 13.1 Å². The van der Waals surface area contributed by atoms with Crippen LogP contribution < -0.4 is 0 Å². The fourth-order valence-corrected chi connectivity index (χ4v) is 3.36. The number of carbonyl (C=O) groups excluding carboxylic acids is 1. The summed E-state index contributed by atoms with van der Waals surface area (Å²) in [6.07, 6.45) is 3.02. The molecule has 8 heteroatoms. The lowest BCUT2D eigenvalue weighted by atomic mass is 9.95. The third-order valence-electron chi connectivity index (χ3n) is 4.72. The number of pyridine rings is 1. The number of aryl methyl sites for hydroxylation is 1. The van der Waals surface area contributed by atoms with E-state index < -0.39 is 17.3 Å². The lowest BCUT2D eigenvalue weighted by Crippen LogP contribution is -2.32. The van der Waals surface area contributed by atoms with Gasteiger partial charge in [-0.1, -0.05) is 0 Å².